The second-order valence-corrected chi connectivity index (χ2v) is 3.35. The maximum Gasteiger partial charge on any atom is 0.240 e. The molecule has 0 aliphatic carbocycles. The third-order valence-corrected chi connectivity index (χ3v) is 2.25. The first-order chi connectivity index (χ1) is 7.16. The molecule has 1 saturated heterocycles. The molecule has 0 atom stereocenters. The van der Waals surface area contributed by atoms with E-state index in [4.69, 9.17) is 0 Å². The van der Waals surface area contributed by atoms with Crippen molar-refractivity contribution >= 4 is 11.6 Å². The molecule has 1 aliphatic heterocycles. The van der Waals surface area contributed by atoms with Crippen LogP contribution < -0.4 is 10.2 Å². The third kappa shape index (κ3) is 2.12. The molecule has 0 aromatic heterocycles. The van der Waals surface area contributed by atoms with Gasteiger partial charge in [-0.25, -0.2) is 8.78 Å². The van der Waals surface area contributed by atoms with E-state index in [1.54, 1.807) is 0 Å². The molecule has 0 bridgehead atoms. The van der Waals surface area contributed by atoms with E-state index >= 15 is 0 Å². The number of halogens is 2. The van der Waals surface area contributed by atoms with E-state index < -0.39 is 11.6 Å². The normalized spacial score (nSPS) is 16.9. The van der Waals surface area contributed by atoms with Crippen LogP contribution in [0.1, 0.15) is 0 Å². The van der Waals surface area contributed by atoms with Gasteiger partial charge in [0, 0.05) is 24.8 Å². The number of hydrogen-bond donors (Lipinski definition) is 1. The zero-order valence-corrected chi connectivity index (χ0v) is 7.96. The Morgan fingerprint density at radius 2 is 1.87 bits per heavy atom. The lowest BCUT2D eigenvalue weighted by Gasteiger charge is -2.27. The molecule has 1 N–H and O–H groups in total. The molecule has 15 heavy (non-hydrogen) atoms. The molecule has 2 rings (SSSR count). The van der Waals surface area contributed by atoms with Crippen LogP contribution >= 0.6 is 0 Å². The molecular weight excluding hydrogens is 202 g/mol. The summed E-state index contributed by atoms with van der Waals surface area (Å²) < 4.78 is 25.8. The minimum atomic E-state index is -0.670. The first-order valence-electron chi connectivity index (χ1n) is 4.64. The van der Waals surface area contributed by atoms with Gasteiger partial charge in [0.2, 0.25) is 5.91 Å². The predicted molar refractivity (Wildman–Crippen MR) is 51.6 cm³/mol. The molecule has 1 aromatic carbocycles. The Morgan fingerprint density at radius 1 is 1.20 bits per heavy atom. The van der Waals surface area contributed by atoms with Crippen molar-refractivity contribution in [2.75, 3.05) is 24.5 Å². The van der Waals surface area contributed by atoms with Crippen LogP contribution in [0.3, 0.4) is 0 Å². The molecule has 0 spiro atoms. The van der Waals surface area contributed by atoms with Crippen LogP contribution in [0.5, 0.6) is 0 Å². The standard InChI is InChI=1S/C10H10F2N2O/c11-7-3-8(12)5-9(4-7)14-2-1-13-6-10(14)15/h3-5,13H,1-2,6H2. The van der Waals surface area contributed by atoms with Gasteiger partial charge in [0.15, 0.2) is 0 Å². The molecule has 1 heterocycles. The van der Waals surface area contributed by atoms with Gasteiger partial charge in [-0.05, 0) is 12.1 Å². The van der Waals surface area contributed by atoms with E-state index in [2.05, 4.69) is 5.32 Å². The molecule has 5 heteroatoms. The second kappa shape index (κ2) is 3.94. The van der Waals surface area contributed by atoms with Gasteiger partial charge < -0.3 is 10.2 Å². The van der Waals surface area contributed by atoms with Crippen molar-refractivity contribution in [2.24, 2.45) is 0 Å². The quantitative estimate of drug-likeness (QED) is 0.750. The van der Waals surface area contributed by atoms with Gasteiger partial charge in [0.05, 0.1) is 6.54 Å². The van der Waals surface area contributed by atoms with Crippen LogP contribution in [-0.4, -0.2) is 25.5 Å². The van der Waals surface area contributed by atoms with E-state index in [1.165, 1.54) is 4.90 Å². The summed E-state index contributed by atoms with van der Waals surface area (Å²) >= 11 is 0. The zero-order valence-electron chi connectivity index (χ0n) is 7.96. The molecule has 0 unspecified atom stereocenters. The van der Waals surface area contributed by atoms with E-state index in [0.29, 0.717) is 13.1 Å². The molecular formula is C10H10F2N2O. The number of nitrogens with zero attached hydrogens (tertiary/aromatic N) is 1. The summed E-state index contributed by atoms with van der Waals surface area (Å²) in [5.41, 5.74) is 0.277. The largest absolute Gasteiger partial charge is 0.310 e. The van der Waals surface area contributed by atoms with E-state index in [-0.39, 0.29) is 18.1 Å². The van der Waals surface area contributed by atoms with Crippen molar-refractivity contribution in [3.63, 3.8) is 0 Å². The number of carbonyl (C=O) groups is 1. The van der Waals surface area contributed by atoms with Gasteiger partial charge in [0.25, 0.3) is 0 Å². The summed E-state index contributed by atoms with van der Waals surface area (Å²) in [4.78, 5) is 12.8. The maximum atomic E-state index is 12.9. The SMILES string of the molecule is O=C1CNCCN1c1cc(F)cc(F)c1. The predicted octanol–water partition coefficient (Wildman–Crippen LogP) is 0.901. The molecule has 1 aromatic rings. The summed E-state index contributed by atoms with van der Waals surface area (Å²) in [5, 5.41) is 2.88. The summed E-state index contributed by atoms with van der Waals surface area (Å²) in [6.07, 6.45) is 0. The Labute approximate surface area is 85.7 Å². The monoisotopic (exact) mass is 212 g/mol. The van der Waals surface area contributed by atoms with Gasteiger partial charge in [-0.15, -0.1) is 0 Å². The first kappa shape index (κ1) is 10.0. The van der Waals surface area contributed by atoms with Crippen LogP contribution in [0.15, 0.2) is 18.2 Å². The van der Waals surface area contributed by atoms with Crippen LogP contribution in [-0.2, 0) is 4.79 Å². The van der Waals surface area contributed by atoms with Gasteiger partial charge >= 0.3 is 0 Å². The third-order valence-electron chi connectivity index (χ3n) is 2.25. The number of benzene rings is 1. The van der Waals surface area contributed by atoms with Crippen molar-refractivity contribution < 1.29 is 13.6 Å². The minimum Gasteiger partial charge on any atom is -0.310 e. The summed E-state index contributed by atoms with van der Waals surface area (Å²) in [6.45, 7) is 1.27. The highest BCUT2D eigenvalue weighted by Gasteiger charge is 2.20. The average molecular weight is 212 g/mol. The number of anilines is 1. The van der Waals surface area contributed by atoms with E-state index in [0.717, 1.165) is 18.2 Å². The summed E-state index contributed by atoms with van der Waals surface area (Å²) in [5.74, 6) is -1.51. The van der Waals surface area contributed by atoms with Crippen molar-refractivity contribution in [1.82, 2.24) is 5.32 Å². The van der Waals surface area contributed by atoms with Gasteiger partial charge in [0.1, 0.15) is 11.6 Å². The number of rotatable bonds is 1. The fraction of sp³-hybridized carbons (Fsp3) is 0.300. The molecule has 1 aliphatic rings. The van der Waals surface area contributed by atoms with Crippen LogP contribution in [0.2, 0.25) is 0 Å². The molecule has 0 radical (unpaired) electrons. The fourth-order valence-corrected chi connectivity index (χ4v) is 1.57. The molecule has 1 fully saturated rings. The number of amides is 1. The summed E-state index contributed by atoms with van der Waals surface area (Å²) in [7, 11) is 0. The Morgan fingerprint density at radius 3 is 2.47 bits per heavy atom. The number of piperazine rings is 1. The van der Waals surface area contributed by atoms with Crippen LogP contribution in [0.4, 0.5) is 14.5 Å². The number of nitrogens with one attached hydrogen (secondary N) is 1. The Bertz CT molecular complexity index is 375. The zero-order chi connectivity index (χ0) is 10.8. The minimum absolute atomic E-state index is 0.175. The highest BCUT2D eigenvalue weighted by molar-refractivity contribution is 5.95. The van der Waals surface area contributed by atoms with Crippen LogP contribution in [0, 0.1) is 11.6 Å². The lowest BCUT2D eigenvalue weighted by atomic mass is 10.2. The smallest absolute Gasteiger partial charge is 0.240 e. The summed E-state index contributed by atoms with van der Waals surface area (Å²) in [6, 6.07) is 3.11. The van der Waals surface area contributed by atoms with Crippen molar-refractivity contribution in [2.45, 2.75) is 0 Å². The Hall–Kier alpha value is -1.49. The van der Waals surface area contributed by atoms with E-state index in [9.17, 15) is 13.6 Å². The molecule has 1 amide bonds. The average Bonchev–Trinajstić information content (AvgIpc) is 2.16. The lowest BCUT2D eigenvalue weighted by molar-refractivity contribution is -0.118. The highest BCUT2D eigenvalue weighted by atomic mass is 19.1. The maximum absolute atomic E-state index is 12.9. The molecule has 0 saturated carbocycles. The van der Waals surface area contributed by atoms with Crippen molar-refractivity contribution in [3.05, 3.63) is 29.8 Å². The Kier molecular flexibility index (Phi) is 2.64. The van der Waals surface area contributed by atoms with Gasteiger partial charge in [-0.2, -0.15) is 0 Å². The van der Waals surface area contributed by atoms with Crippen LogP contribution in [0.25, 0.3) is 0 Å². The molecule has 80 valence electrons. The van der Waals surface area contributed by atoms with Gasteiger partial charge in [-0.3, -0.25) is 4.79 Å². The molecule has 3 nitrogen and oxygen atoms in total. The van der Waals surface area contributed by atoms with Crippen molar-refractivity contribution in [3.8, 4) is 0 Å². The second-order valence-electron chi connectivity index (χ2n) is 3.35. The van der Waals surface area contributed by atoms with E-state index in [1.807, 2.05) is 0 Å². The topological polar surface area (TPSA) is 32.3 Å². The van der Waals surface area contributed by atoms with Gasteiger partial charge in [-0.1, -0.05) is 0 Å². The number of carbonyl (C=O) groups excluding carboxylic acids is 1. The van der Waals surface area contributed by atoms with Crippen molar-refractivity contribution in [1.29, 1.82) is 0 Å². The number of hydrogen-bond acceptors (Lipinski definition) is 2. The lowest BCUT2D eigenvalue weighted by Crippen LogP contribution is -2.48. The highest BCUT2D eigenvalue weighted by Crippen LogP contribution is 2.18. The Balaban J connectivity index is 2.31. The first-order valence-corrected chi connectivity index (χ1v) is 4.64. The fourth-order valence-electron chi connectivity index (χ4n) is 1.57.